The highest BCUT2D eigenvalue weighted by Gasteiger charge is 2.23. The van der Waals surface area contributed by atoms with Crippen molar-refractivity contribution >= 4 is 5.82 Å². The third-order valence-electron chi connectivity index (χ3n) is 3.47. The van der Waals surface area contributed by atoms with Gasteiger partial charge in [0.2, 0.25) is 0 Å². The topological polar surface area (TPSA) is 41.5 Å². The van der Waals surface area contributed by atoms with Gasteiger partial charge in [-0.3, -0.25) is 0 Å². The van der Waals surface area contributed by atoms with Crippen molar-refractivity contribution in [3.63, 3.8) is 0 Å². The van der Waals surface area contributed by atoms with Crippen LogP contribution in [-0.4, -0.2) is 61.8 Å². The number of aromatic nitrogens is 2. The van der Waals surface area contributed by atoms with Gasteiger partial charge in [-0.15, -0.1) is 0 Å². The van der Waals surface area contributed by atoms with E-state index < -0.39 is 0 Å². The highest BCUT2D eigenvalue weighted by molar-refractivity contribution is 5.35. The maximum Gasteiger partial charge on any atom is 0.131 e. The molecule has 0 saturated carbocycles. The highest BCUT2D eigenvalue weighted by atomic mass is 16.5. The molecule has 0 amide bonds. The van der Waals surface area contributed by atoms with Gasteiger partial charge in [-0.25, -0.2) is 9.97 Å². The van der Waals surface area contributed by atoms with Crippen LogP contribution in [0, 0.1) is 5.92 Å². The van der Waals surface area contributed by atoms with Crippen molar-refractivity contribution in [1.82, 2.24) is 14.9 Å². The first-order chi connectivity index (χ1) is 8.79. The molecule has 2 rings (SSSR count). The van der Waals surface area contributed by atoms with Gasteiger partial charge in [0.15, 0.2) is 0 Å². The fourth-order valence-electron chi connectivity index (χ4n) is 2.48. The Balaban J connectivity index is 1.77. The average molecular weight is 250 g/mol. The Hall–Kier alpha value is -1.20. The van der Waals surface area contributed by atoms with E-state index >= 15 is 0 Å². The Kier molecular flexibility index (Phi) is 4.90. The van der Waals surface area contributed by atoms with E-state index in [1.165, 1.54) is 19.5 Å². The molecule has 1 aliphatic rings. The van der Waals surface area contributed by atoms with Crippen LogP contribution in [0.25, 0.3) is 0 Å². The first kappa shape index (κ1) is 13.2. The fraction of sp³-hybridized carbons (Fsp3) is 0.692. The van der Waals surface area contributed by atoms with E-state index in [-0.39, 0.29) is 0 Å². The number of anilines is 1. The van der Waals surface area contributed by atoms with Crippen molar-refractivity contribution in [2.24, 2.45) is 5.92 Å². The maximum absolute atomic E-state index is 5.12. The summed E-state index contributed by atoms with van der Waals surface area (Å²) in [7, 11) is 3.86. The number of ether oxygens (including phenoxy) is 1. The van der Waals surface area contributed by atoms with Crippen LogP contribution >= 0.6 is 0 Å². The summed E-state index contributed by atoms with van der Waals surface area (Å²) in [4.78, 5) is 12.9. The largest absolute Gasteiger partial charge is 0.383 e. The van der Waals surface area contributed by atoms with E-state index in [1.807, 2.05) is 6.07 Å². The van der Waals surface area contributed by atoms with Gasteiger partial charge in [-0.2, -0.15) is 0 Å². The summed E-state index contributed by atoms with van der Waals surface area (Å²) in [6.07, 6.45) is 4.66. The van der Waals surface area contributed by atoms with E-state index in [9.17, 15) is 0 Å². The minimum atomic E-state index is 0.724. The standard InChI is InChI=1S/C13H22N4O/c1-16(13-3-5-14-11-15-13)9-12-4-6-17(10-12)7-8-18-2/h3,5,11-12H,4,6-10H2,1-2H3/t12-/m0/s1. The van der Waals surface area contributed by atoms with E-state index in [4.69, 9.17) is 4.74 Å². The number of hydrogen-bond donors (Lipinski definition) is 0. The van der Waals surface area contributed by atoms with Crippen molar-refractivity contribution in [2.45, 2.75) is 6.42 Å². The van der Waals surface area contributed by atoms with Crippen LogP contribution in [0.5, 0.6) is 0 Å². The van der Waals surface area contributed by atoms with Gasteiger partial charge in [-0.1, -0.05) is 0 Å². The van der Waals surface area contributed by atoms with Gasteiger partial charge in [0.1, 0.15) is 12.1 Å². The summed E-state index contributed by atoms with van der Waals surface area (Å²) < 4.78 is 5.12. The first-order valence-electron chi connectivity index (χ1n) is 6.48. The van der Waals surface area contributed by atoms with Crippen molar-refractivity contribution in [1.29, 1.82) is 0 Å². The molecule has 18 heavy (non-hydrogen) atoms. The Morgan fingerprint density at radius 2 is 2.44 bits per heavy atom. The minimum Gasteiger partial charge on any atom is -0.383 e. The second-order valence-electron chi connectivity index (χ2n) is 4.90. The molecule has 1 fully saturated rings. The van der Waals surface area contributed by atoms with Crippen LogP contribution in [0.2, 0.25) is 0 Å². The number of methoxy groups -OCH3 is 1. The zero-order valence-corrected chi connectivity index (χ0v) is 11.2. The van der Waals surface area contributed by atoms with Gasteiger partial charge in [0, 0.05) is 40.0 Å². The molecule has 100 valence electrons. The summed E-state index contributed by atoms with van der Waals surface area (Å²) in [5, 5.41) is 0. The number of rotatable bonds is 6. The summed E-state index contributed by atoms with van der Waals surface area (Å²) >= 11 is 0. The third kappa shape index (κ3) is 3.65. The van der Waals surface area contributed by atoms with Crippen molar-refractivity contribution in [3.8, 4) is 0 Å². The van der Waals surface area contributed by atoms with Gasteiger partial charge >= 0.3 is 0 Å². The predicted octanol–water partition coefficient (Wildman–Crippen LogP) is 0.881. The average Bonchev–Trinajstić information content (AvgIpc) is 2.85. The lowest BCUT2D eigenvalue weighted by Crippen LogP contribution is -2.30. The quantitative estimate of drug-likeness (QED) is 0.750. The molecule has 5 nitrogen and oxygen atoms in total. The molecule has 0 aliphatic carbocycles. The normalized spacial score (nSPS) is 20.2. The Labute approximate surface area is 109 Å². The lowest BCUT2D eigenvalue weighted by molar-refractivity contribution is 0.159. The third-order valence-corrected chi connectivity index (χ3v) is 3.47. The van der Waals surface area contributed by atoms with E-state index in [0.717, 1.165) is 31.4 Å². The van der Waals surface area contributed by atoms with Crippen molar-refractivity contribution in [2.75, 3.05) is 51.8 Å². The molecule has 0 radical (unpaired) electrons. The first-order valence-corrected chi connectivity index (χ1v) is 6.48. The number of likely N-dealkylation sites (tertiary alicyclic amines) is 1. The molecule has 1 saturated heterocycles. The van der Waals surface area contributed by atoms with E-state index in [0.29, 0.717) is 0 Å². The van der Waals surface area contributed by atoms with Crippen LogP contribution in [0.15, 0.2) is 18.6 Å². The molecule has 0 aromatic carbocycles. The fourth-order valence-corrected chi connectivity index (χ4v) is 2.48. The zero-order chi connectivity index (χ0) is 12.8. The highest BCUT2D eigenvalue weighted by Crippen LogP contribution is 2.18. The van der Waals surface area contributed by atoms with Crippen LogP contribution in [-0.2, 0) is 4.74 Å². The molecule has 5 heteroatoms. The molecule has 0 unspecified atom stereocenters. The number of hydrogen-bond acceptors (Lipinski definition) is 5. The smallest absolute Gasteiger partial charge is 0.131 e. The maximum atomic E-state index is 5.12. The Bertz CT molecular complexity index is 346. The molecule has 1 atom stereocenters. The summed E-state index contributed by atoms with van der Waals surface area (Å²) in [5.41, 5.74) is 0. The van der Waals surface area contributed by atoms with Crippen molar-refractivity contribution in [3.05, 3.63) is 18.6 Å². The van der Waals surface area contributed by atoms with Gasteiger partial charge < -0.3 is 14.5 Å². The summed E-state index contributed by atoms with van der Waals surface area (Å²) in [6.45, 7) is 5.28. The lowest BCUT2D eigenvalue weighted by Gasteiger charge is -2.22. The monoisotopic (exact) mass is 250 g/mol. The Morgan fingerprint density at radius 1 is 1.56 bits per heavy atom. The van der Waals surface area contributed by atoms with Crippen LogP contribution in [0.4, 0.5) is 5.82 Å². The molecule has 0 spiro atoms. The van der Waals surface area contributed by atoms with Crippen LogP contribution < -0.4 is 4.90 Å². The molecular formula is C13H22N4O. The number of nitrogens with zero attached hydrogens (tertiary/aromatic N) is 4. The molecule has 2 heterocycles. The van der Waals surface area contributed by atoms with Gasteiger partial charge in [-0.05, 0) is 24.9 Å². The van der Waals surface area contributed by atoms with E-state index in [1.54, 1.807) is 19.6 Å². The lowest BCUT2D eigenvalue weighted by atomic mass is 10.1. The zero-order valence-electron chi connectivity index (χ0n) is 11.2. The summed E-state index contributed by atoms with van der Waals surface area (Å²) in [5.74, 6) is 1.72. The molecule has 1 aromatic heterocycles. The molecule has 1 aliphatic heterocycles. The summed E-state index contributed by atoms with van der Waals surface area (Å²) in [6, 6.07) is 1.96. The van der Waals surface area contributed by atoms with Gasteiger partial charge in [0.05, 0.1) is 6.61 Å². The molecule has 0 N–H and O–H groups in total. The van der Waals surface area contributed by atoms with Crippen molar-refractivity contribution < 1.29 is 4.74 Å². The second kappa shape index (κ2) is 6.66. The minimum absolute atomic E-state index is 0.724. The second-order valence-corrected chi connectivity index (χ2v) is 4.90. The SMILES string of the molecule is COCCN1CC[C@@H](CN(C)c2ccncn2)C1. The van der Waals surface area contributed by atoms with Crippen LogP contribution in [0.3, 0.4) is 0 Å². The van der Waals surface area contributed by atoms with Gasteiger partial charge in [0.25, 0.3) is 0 Å². The molecule has 1 aromatic rings. The molecular weight excluding hydrogens is 228 g/mol. The predicted molar refractivity (Wildman–Crippen MR) is 71.7 cm³/mol. The Morgan fingerprint density at radius 3 is 3.17 bits per heavy atom. The molecule has 0 bridgehead atoms. The van der Waals surface area contributed by atoms with E-state index in [2.05, 4.69) is 26.8 Å². The van der Waals surface area contributed by atoms with Crippen LogP contribution in [0.1, 0.15) is 6.42 Å².